The van der Waals surface area contributed by atoms with Crippen molar-refractivity contribution in [3.63, 3.8) is 0 Å². The van der Waals surface area contributed by atoms with Crippen LogP contribution >= 0.6 is 0 Å². The fourth-order valence-corrected chi connectivity index (χ4v) is 5.00. The van der Waals surface area contributed by atoms with Crippen molar-refractivity contribution in [1.82, 2.24) is 0 Å². The lowest BCUT2D eigenvalue weighted by molar-refractivity contribution is -0.134. The van der Waals surface area contributed by atoms with Crippen LogP contribution in [-0.4, -0.2) is 37.6 Å². The Morgan fingerprint density at radius 2 is 1.95 bits per heavy atom. The summed E-state index contributed by atoms with van der Waals surface area (Å²) in [4.78, 5) is 10.8. The third-order valence-electron chi connectivity index (χ3n) is 4.03. The summed E-state index contributed by atoms with van der Waals surface area (Å²) in [5.41, 5.74) is 0.860. The minimum atomic E-state index is -3.66. The number of para-hydroxylation sites is 1. The van der Waals surface area contributed by atoms with Gasteiger partial charge >= 0.3 is 5.97 Å². The smallest absolute Gasteiger partial charge is 0.318 e. The van der Waals surface area contributed by atoms with Crippen LogP contribution < -0.4 is 4.74 Å². The standard InChI is InChI=1S/C15H20O5S/c1-20-13-8-4-2-6-11(13)12-7-3-5-9-14(12)21(18,19)10-15(16)17/h2,4,6,8,12,14H,3,5,7,9-10H2,1H3,(H,16,17)/t12-,14-/m0/s1. The third kappa shape index (κ3) is 3.56. The fourth-order valence-electron chi connectivity index (χ4n) is 3.13. The van der Waals surface area contributed by atoms with E-state index in [4.69, 9.17) is 9.84 Å². The maximum absolute atomic E-state index is 12.4. The van der Waals surface area contributed by atoms with Gasteiger partial charge < -0.3 is 9.84 Å². The number of carbonyl (C=O) groups is 1. The molecule has 1 aromatic rings. The number of sulfone groups is 1. The summed E-state index contributed by atoms with van der Waals surface area (Å²) in [5, 5.41) is 8.19. The van der Waals surface area contributed by atoms with Gasteiger partial charge in [-0.1, -0.05) is 31.0 Å². The van der Waals surface area contributed by atoms with Gasteiger partial charge in [0.25, 0.3) is 0 Å². The van der Waals surface area contributed by atoms with Crippen molar-refractivity contribution in [2.24, 2.45) is 0 Å². The first-order chi connectivity index (χ1) is 9.95. The monoisotopic (exact) mass is 312 g/mol. The first kappa shape index (κ1) is 15.8. The molecule has 1 fully saturated rings. The average molecular weight is 312 g/mol. The van der Waals surface area contributed by atoms with E-state index in [0.717, 1.165) is 24.8 Å². The van der Waals surface area contributed by atoms with Crippen molar-refractivity contribution < 1.29 is 23.1 Å². The number of benzene rings is 1. The highest BCUT2D eigenvalue weighted by Crippen LogP contribution is 2.40. The molecule has 5 nitrogen and oxygen atoms in total. The Bertz CT molecular complexity index is 608. The molecular weight excluding hydrogens is 292 g/mol. The van der Waals surface area contributed by atoms with Crippen molar-refractivity contribution in [3.8, 4) is 5.75 Å². The Hall–Kier alpha value is -1.56. The number of carboxylic acid groups (broad SMARTS) is 1. The molecule has 2 atom stereocenters. The van der Waals surface area contributed by atoms with Crippen LogP contribution in [0.4, 0.5) is 0 Å². The zero-order valence-electron chi connectivity index (χ0n) is 12.0. The number of ether oxygens (including phenoxy) is 1. The van der Waals surface area contributed by atoms with E-state index < -0.39 is 26.8 Å². The molecule has 0 aliphatic heterocycles. The molecular formula is C15H20O5S. The van der Waals surface area contributed by atoms with Gasteiger partial charge in [-0.3, -0.25) is 4.79 Å². The zero-order chi connectivity index (χ0) is 15.5. The van der Waals surface area contributed by atoms with Crippen LogP contribution in [0.15, 0.2) is 24.3 Å². The molecule has 21 heavy (non-hydrogen) atoms. The summed E-state index contributed by atoms with van der Waals surface area (Å²) >= 11 is 0. The molecule has 2 rings (SSSR count). The predicted octanol–water partition coefficient (Wildman–Crippen LogP) is 2.22. The summed E-state index contributed by atoms with van der Waals surface area (Å²) < 4.78 is 30.0. The summed E-state index contributed by atoms with van der Waals surface area (Å²) in [6, 6.07) is 7.38. The number of carboxylic acids is 1. The van der Waals surface area contributed by atoms with Gasteiger partial charge in [-0.25, -0.2) is 8.42 Å². The molecule has 0 unspecified atom stereocenters. The van der Waals surface area contributed by atoms with E-state index >= 15 is 0 Å². The molecule has 1 aromatic carbocycles. The van der Waals surface area contributed by atoms with Crippen molar-refractivity contribution in [1.29, 1.82) is 0 Å². The van der Waals surface area contributed by atoms with E-state index in [2.05, 4.69) is 0 Å². The molecule has 0 bridgehead atoms. The Balaban J connectivity index is 2.38. The van der Waals surface area contributed by atoms with Gasteiger partial charge in [-0.2, -0.15) is 0 Å². The summed E-state index contributed by atoms with van der Waals surface area (Å²) in [7, 11) is -2.10. The summed E-state index contributed by atoms with van der Waals surface area (Å²) in [5.74, 6) is -1.62. The van der Waals surface area contributed by atoms with Gasteiger partial charge in [-0.05, 0) is 24.5 Å². The second kappa shape index (κ2) is 6.47. The van der Waals surface area contributed by atoms with Gasteiger partial charge in [0.2, 0.25) is 0 Å². The lowest BCUT2D eigenvalue weighted by atomic mass is 9.83. The van der Waals surface area contributed by atoms with Crippen molar-refractivity contribution in [3.05, 3.63) is 29.8 Å². The number of methoxy groups -OCH3 is 1. The first-order valence-electron chi connectivity index (χ1n) is 7.02. The topological polar surface area (TPSA) is 80.7 Å². The fraction of sp³-hybridized carbons (Fsp3) is 0.533. The quantitative estimate of drug-likeness (QED) is 0.901. The third-order valence-corrected chi connectivity index (χ3v) is 6.16. The van der Waals surface area contributed by atoms with Gasteiger partial charge in [0.05, 0.1) is 12.4 Å². The van der Waals surface area contributed by atoms with Crippen LogP contribution in [0, 0.1) is 0 Å². The molecule has 0 radical (unpaired) electrons. The van der Waals surface area contributed by atoms with E-state index in [1.807, 2.05) is 24.3 Å². The molecule has 1 saturated carbocycles. The van der Waals surface area contributed by atoms with Gasteiger partial charge in [-0.15, -0.1) is 0 Å². The Morgan fingerprint density at radius 3 is 2.62 bits per heavy atom. The van der Waals surface area contributed by atoms with Gasteiger partial charge in [0.15, 0.2) is 9.84 Å². The Labute approximate surface area is 124 Å². The maximum atomic E-state index is 12.4. The van der Waals surface area contributed by atoms with Crippen LogP contribution in [-0.2, 0) is 14.6 Å². The highest BCUT2D eigenvalue weighted by Gasteiger charge is 2.38. The summed E-state index contributed by atoms with van der Waals surface area (Å²) in [6.45, 7) is 0. The molecule has 116 valence electrons. The van der Waals surface area contributed by atoms with E-state index in [1.165, 1.54) is 0 Å². The first-order valence-corrected chi connectivity index (χ1v) is 8.73. The number of hydrogen-bond acceptors (Lipinski definition) is 4. The molecule has 1 N–H and O–H groups in total. The van der Waals surface area contributed by atoms with Crippen LogP contribution in [0.1, 0.15) is 37.2 Å². The maximum Gasteiger partial charge on any atom is 0.318 e. The van der Waals surface area contributed by atoms with Gasteiger partial charge in [0, 0.05) is 5.92 Å². The normalized spacial score (nSPS) is 22.7. The van der Waals surface area contributed by atoms with Crippen LogP contribution in [0.3, 0.4) is 0 Å². The lowest BCUT2D eigenvalue weighted by Gasteiger charge is -2.32. The molecule has 0 spiro atoms. The zero-order valence-corrected chi connectivity index (χ0v) is 12.8. The van der Waals surface area contributed by atoms with E-state index in [-0.39, 0.29) is 5.92 Å². The molecule has 1 aliphatic carbocycles. The van der Waals surface area contributed by atoms with Crippen LogP contribution in [0.2, 0.25) is 0 Å². The predicted molar refractivity (Wildman–Crippen MR) is 79.4 cm³/mol. The Morgan fingerprint density at radius 1 is 1.29 bits per heavy atom. The molecule has 0 aromatic heterocycles. The second-order valence-electron chi connectivity index (χ2n) is 5.37. The summed E-state index contributed by atoms with van der Waals surface area (Å²) in [6.07, 6.45) is 3.01. The highest BCUT2D eigenvalue weighted by molar-refractivity contribution is 7.92. The van der Waals surface area contributed by atoms with Crippen LogP contribution in [0.5, 0.6) is 5.75 Å². The minimum absolute atomic E-state index is 0.195. The average Bonchev–Trinajstić information content (AvgIpc) is 2.46. The Kier molecular flexibility index (Phi) is 4.88. The number of aliphatic carboxylic acids is 1. The number of rotatable bonds is 5. The second-order valence-corrected chi connectivity index (χ2v) is 7.59. The van der Waals surface area contributed by atoms with Crippen molar-refractivity contribution in [2.75, 3.05) is 12.9 Å². The lowest BCUT2D eigenvalue weighted by Crippen LogP contribution is -2.35. The molecule has 0 amide bonds. The van der Waals surface area contributed by atoms with Crippen molar-refractivity contribution in [2.45, 2.75) is 36.9 Å². The molecule has 0 saturated heterocycles. The SMILES string of the molecule is COc1ccccc1[C@@H]1CCCC[C@@H]1S(=O)(=O)CC(=O)O. The molecule has 6 heteroatoms. The van der Waals surface area contributed by atoms with Gasteiger partial charge in [0.1, 0.15) is 11.5 Å². The number of hydrogen-bond donors (Lipinski definition) is 1. The minimum Gasteiger partial charge on any atom is -0.496 e. The molecule has 1 aliphatic rings. The van der Waals surface area contributed by atoms with Crippen LogP contribution in [0.25, 0.3) is 0 Å². The van der Waals surface area contributed by atoms with Crippen molar-refractivity contribution >= 4 is 15.8 Å². The van der Waals surface area contributed by atoms with E-state index in [0.29, 0.717) is 12.2 Å². The van der Waals surface area contributed by atoms with E-state index in [9.17, 15) is 13.2 Å². The highest BCUT2D eigenvalue weighted by atomic mass is 32.2. The largest absolute Gasteiger partial charge is 0.496 e. The molecule has 0 heterocycles. The van der Waals surface area contributed by atoms with E-state index in [1.54, 1.807) is 7.11 Å².